The number of benzene rings is 8. The summed E-state index contributed by atoms with van der Waals surface area (Å²) in [5.41, 5.74) is 16.5. The predicted molar refractivity (Wildman–Crippen MR) is 276 cm³/mol. The minimum atomic E-state index is -0.729. The van der Waals surface area contributed by atoms with Crippen molar-refractivity contribution in [2.24, 2.45) is 0 Å². The highest BCUT2D eigenvalue weighted by Crippen LogP contribution is 2.62. The van der Waals surface area contributed by atoms with Crippen LogP contribution in [0.4, 0.5) is 0 Å². The molecule has 0 bridgehead atoms. The Labute approximate surface area is 399 Å². The second-order valence-electron chi connectivity index (χ2n) is 18.0. The van der Waals surface area contributed by atoms with Crippen molar-refractivity contribution >= 4 is 77.2 Å². The Hall–Kier alpha value is -9.21. The van der Waals surface area contributed by atoms with Crippen molar-refractivity contribution < 1.29 is 0 Å². The van der Waals surface area contributed by atoms with Crippen LogP contribution in [-0.2, 0) is 5.41 Å². The normalized spacial score (nSPS) is 13.2. The van der Waals surface area contributed by atoms with Crippen LogP contribution in [0.5, 0.6) is 0 Å². The summed E-state index contributed by atoms with van der Waals surface area (Å²) in [5.74, 6) is 0. The highest BCUT2D eigenvalue weighted by atomic mass is 32.2. The molecular formula is C61H33N7S. The van der Waals surface area contributed by atoms with Crippen LogP contribution < -0.4 is 0 Å². The van der Waals surface area contributed by atoms with Crippen molar-refractivity contribution in [3.05, 3.63) is 234 Å². The summed E-state index contributed by atoms with van der Waals surface area (Å²) in [6.45, 7) is 0. The second kappa shape index (κ2) is 13.9. The van der Waals surface area contributed by atoms with Crippen molar-refractivity contribution in [1.82, 2.24) is 23.7 Å². The van der Waals surface area contributed by atoms with Crippen LogP contribution >= 0.6 is 11.8 Å². The lowest BCUT2D eigenvalue weighted by Gasteiger charge is -2.39. The molecule has 6 heterocycles. The van der Waals surface area contributed by atoms with Gasteiger partial charge < -0.3 is 13.7 Å². The van der Waals surface area contributed by atoms with Crippen molar-refractivity contribution in [2.75, 3.05) is 0 Å². The van der Waals surface area contributed by atoms with Gasteiger partial charge in [0.2, 0.25) is 0 Å². The Morgan fingerprint density at radius 2 is 0.754 bits per heavy atom. The number of aromatic nitrogens is 5. The average Bonchev–Trinajstić information content (AvgIpc) is 4.12. The van der Waals surface area contributed by atoms with Gasteiger partial charge in [-0.25, -0.2) is 0 Å². The molecule has 0 N–H and O–H groups in total. The van der Waals surface area contributed by atoms with E-state index in [-0.39, 0.29) is 0 Å². The molecule has 13 aromatic rings. The van der Waals surface area contributed by atoms with Crippen LogP contribution in [0.1, 0.15) is 33.4 Å². The Balaban J connectivity index is 0.979. The Morgan fingerprint density at radius 3 is 1.23 bits per heavy atom. The van der Waals surface area contributed by atoms with E-state index in [1.807, 2.05) is 60.6 Å². The number of para-hydroxylation sites is 3. The molecule has 2 aliphatic rings. The lowest BCUT2D eigenvalue weighted by Crippen LogP contribution is -2.32. The molecular weight excluding hydrogens is 863 g/mol. The molecule has 318 valence electrons. The van der Waals surface area contributed by atoms with Gasteiger partial charge in [-0.05, 0) is 144 Å². The number of nitrogens with zero attached hydrogens (tertiary/aromatic N) is 7. The molecule has 8 aromatic carbocycles. The van der Waals surface area contributed by atoms with Crippen LogP contribution in [0.2, 0.25) is 0 Å². The van der Waals surface area contributed by atoms with E-state index in [2.05, 4.69) is 177 Å². The minimum absolute atomic E-state index is 0.580. The molecule has 5 aromatic heterocycles. The fourth-order valence-corrected chi connectivity index (χ4v) is 13.0. The van der Waals surface area contributed by atoms with Gasteiger partial charge in [-0.15, -0.1) is 0 Å². The third-order valence-corrected chi connectivity index (χ3v) is 15.8. The van der Waals surface area contributed by atoms with Gasteiger partial charge in [0.1, 0.15) is 0 Å². The first-order chi connectivity index (χ1) is 34.1. The Kier molecular flexibility index (Phi) is 7.65. The van der Waals surface area contributed by atoms with Crippen LogP contribution in [-0.4, -0.2) is 23.7 Å². The molecule has 8 heteroatoms. The van der Waals surface area contributed by atoms with E-state index in [4.69, 9.17) is 9.97 Å². The molecule has 0 fully saturated rings. The maximum absolute atomic E-state index is 9.86. The molecule has 0 atom stereocenters. The number of rotatable bonds is 3. The molecule has 69 heavy (non-hydrogen) atoms. The average molecular weight is 896 g/mol. The third-order valence-electron chi connectivity index (χ3n) is 14.6. The maximum atomic E-state index is 9.86. The fourth-order valence-electron chi connectivity index (χ4n) is 11.9. The largest absolute Gasteiger partial charge is 0.309 e. The standard InChI is InChI=1S/C61H33N7S/c62-34-36-17-22-54-44(29-36)45-30-37(35-63)18-23-55(45)66(54)38-19-24-56-46(31-38)43-11-3-6-16-53(43)68(56)40-21-26-58-50(33-40)61(47-12-7-27-64-59(47)60-48(61)13-8-28-65-60)49-32-39(20-25-57(49)69-58)67-51-14-4-1-9-41(51)42-10-2-5-15-52(42)67/h1-33H. The number of pyridine rings is 2. The smallest absolute Gasteiger partial charge is 0.0991 e. The van der Waals surface area contributed by atoms with Crippen LogP contribution in [0, 0.1) is 22.7 Å². The molecule has 1 aliphatic carbocycles. The van der Waals surface area contributed by atoms with E-state index in [0.717, 1.165) is 83.2 Å². The quantitative estimate of drug-likeness (QED) is 0.176. The third kappa shape index (κ3) is 5.00. The van der Waals surface area contributed by atoms with Gasteiger partial charge in [-0.3, -0.25) is 9.97 Å². The molecule has 0 saturated heterocycles. The first-order valence-electron chi connectivity index (χ1n) is 22.9. The predicted octanol–water partition coefficient (Wildman–Crippen LogP) is 14.3. The van der Waals surface area contributed by atoms with Crippen LogP contribution in [0.15, 0.2) is 210 Å². The molecule has 0 saturated carbocycles. The zero-order chi connectivity index (χ0) is 45.5. The first-order valence-corrected chi connectivity index (χ1v) is 23.7. The van der Waals surface area contributed by atoms with Gasteiger partial charge >= 0.3 is 0 Å². The summed E-state index contributed by atoms with van der Waals surface area (Å²) in [4.78, 5) is 12.5. The highest BCUT2D eigenvalue weighted by Gasteiger charge is 2.52. The zero-order valence-electron chi connectivity index (χ0n) is 36.6. The van der Waals surface area contributed by atoms with Gasteiger partial charge in [0.15, 0.2) is 0 Å². The molecule has 0 amide bonds. The number of nitriles is 2. The van der Waals surface area contributed by atoms with Crippen molar-refractivity contribution in [3.8, 4) is 40.6 Å². The second-order valence-corrected chi connectivity index (χ2v) is 19.0. The van der Waals surface area contributed by atoms with Gasteiger partial charge in [0.05, 0.1) is 73.2 Å². The summed E-state index contributed by atoms with van der Waals surface area (Å²) < 4.78 is 7.07. The molecule has 1 spiro atoms. The van der Waals surface area contributed by atoms with Crippen molar-refractivity contribution in [3.63, 3.8) is 0 Å². The van der Waals surface area contributed by atoms with E-state index in [0.29, 0.717) is 11.1 Å². The lowest BCUT2D eigenvalue weighted by atomic mass is 9.67. The molecule has 1 aliphatic heterocycles. The van der Waals surface area contributed by atoms with Crippen LogP contribution in [0.25, 0.3) is 93.9 Å². The summed E-state index contributed by atoms with van der Waals surface area (Å²) in [6, 6.07) is 71.7. The van der Waals surface area contributed by atoms with Crippen molar-refractivity contribution in [2.45, 2.75) is 15.2 Å². The first kappa shape index (κ1) is 38.0. The van der Waals surface area contributed by atoms with Crippen molar-refractivity contribution in [1.29, 1.82) is 10.5 Å². The van der Waals surface area contributed by atoms with Gasteiger partial charge in [-0.1, -0.05) is 78.5 Å². The van der Waals surface area contributed by atoms with Gasteiger partial charge in [0.25, 0.3) is 0 Å². The fraction of sp³-hybridized carbons (Fsp3) is 0.0164. The molecule has 7 nitrogen and oxygen atoms in total. The minimum Gasteiger partial charge on any atom is -0.309 e. The lowest BCUT2D eigenvalue weighted by molar-refractivity contribution is 0.717. The topological polar surface area (TPSA) is 88.1 Å². The monoisotopic (exact) mass is 895 g/mol. The maximum Gasteiger partial charge on any atom is 0.0991 e. The zero-order valence-corrected chi connectivity index (χ0v) is 37.4. The number of hydrogen-bond donors (Lipinski definition) is 0. The SMILES string of the molecule is N#Cc1ccc2c(c1)c1cc(C#N)ccc1n2-c1ccc2c(c1)c1ccccc1n2-c1ccc2c(c1)C1(c3cc(-n4c5ccccc5c5ccccc54)ccc3S2)c2cccnc2-c2ncccc21. The number of fused-ring (bicyclic) bond motifs is 18. The van der Waals surface area contributed by atoms with Gasteiger partial charge in [-0.2, -0.15) is 10.5 Å². The van der Waals surface area contributed by atoms with E-state index in [1.165, 1.54) is 42.7 Å². The molecule has 0 radical (unpaired) electrons. The van der Waals surface area contributed by atoms with E-state index in [9.17, 15) is 10.5 Å². The van der Waals surface area contributed by atoms with E-state index < -0.39 is 5.41 Å². The van der Waals surface area contributed by atoms with E-state index >= 15 is 0 Å². The summed E-state index contributed by atoms with van der Waals surface area (Å²) in [7, 11) is 0. The highest BCUT2D eigenvalue weighted by molar-refractivity contribution is 7.99. The summed E-state index contributed by atoms with van der Waals surface area (Å²) >= 11 is 1.83. The van der Waals surface area contributed by atoms with Crippen LogP contribution in [0.3, 0.4) is 0 Å². The summed E-state index contributed by atoms with van der Waals surface area (Å²) in [5, 5.41) is 26.3. The molecule has 0 unspecified atom stereocenters. The van der Waals surface area contributed by atoms with E-state index in [1.54, 1.807) is 0 Å². The molecule has 15 rings (SSSR count). The van der Waals surface area contributed by atoms with Gasteiger partial charge in [0, 0.05) is 71.6 Å². The Morgan fingerprint density at radius 1 is 0.362 bits per heavy atom. The summed E-state index contributed by atoms with van der Waals surface area (Å²) in [6.07, 6.45) is 3.78. The Bertz CT molecular complexity index is 4350. The number of hydrogen-bond acceptors (Lipinski definition) is 5.